The van der Waals surface area contributed by atoms with E-state index in [1.165, 1.54) is 0 Å². The van der Waals surface area contributed by atoms with E-state index in [9.17, 15) is 4.79 Å². The molecule has 0 spiro atoms. The zero-order valence-electron chi connectivity index (χ0n) is 18.7. The van der Waals surface area contributed by atoms with Crippen LogP contribution in [0.1, 0.15) is 35.5 Å². The maximum Gasteiger partial charge on any atom is 0.253 e. The van der Waals surface area contributed by atoms with Crippen LogP contribution in [0.3, 0.4) is 0 Å². The molecule has 2 heterocycles. The van der Waals surface area contributed by atoms with Crippen molar-refractivity contribution >= 4 is 10.9 Å². The van der Waals surface area contributed by atoms with Crippen molar-refractivity contribution in [3.8, 4) is 0 Å². The number of nitrogens with one attached hydrogen (secondary N) is 1. The van der Waals surface area contributed by atoms with E-state index in [0.29, 0.717) is 37.6 Å². The van der Waals surface area contributed by atoms with E-state index in [4.69, 9.17) is 4.74 Å². The zero-order chi connectivity index (χ0) is 22.5. The second-order valence-corrected chi connectivity index (χ2v) is 7.85. The number of pyridine rings is 1. The lowest BCUT2D eigenvalue weighted by Crippen LogP contribution is -2.35. The lowest BCUT2D eigenvalue weighted by atomic mass is 10.0. The Bertz CT molecular complexity index is 1230. The largest absolute Gasteiger partial charge is 0.383 e. The van der Waals surface area contributed by atoms with Crippen molar-refractivity contribution in [1.82, 2.24) is 30.1 Å². The fourth-order valence-corrected chi connectivity index (χ4v) is 3.98. The van der Waals surface area contributed by atoms with Gasteiger partial charge >= 0.3 is 0 Å². The molecule has 8 heteroatoms. The number of methoxy groups -OCH3 is 1. The minimum Gasteiger partial charge on any atom is -0.383 e. The molecular formula is C24H28N6O2. The second-order valence-electron chi connectivity index (χ2n) is 7.85. The van der Waals surface area contributed by atoms with Gasteiger partial charge in [0.1, 0.15) is 6.04 Å². The molecule has 0 radical (unpaired) electrons. The van der Waals surface area contributed by atoms with Crippen LogP contribution in [0.15, 0.2) is 59.4 Å². The first-order valence-electron chi connectivity index (χ1n) is 10.8. The van der Waals surface area contributed by atoms with Crippen LogP contribution in [0.2, 0.25) is 0 Å². The molecule has 1 N–H and O–H groups in total. The summed E-state index contributed by atoms with van der Waals surface area (Å²) < 4.78 is 6.96. The monoisotopic (exact) mass is 432 g/mol. The highest BCUT2D eigenvalue weighted by atomic mass is 16.5. The second kappa shape index (κ2) is 9.84. The van der Waals surface area contributed by atoms with E-state index < -0.39 is 6.04 Å². The van der Waals surface area contributed by atoms with Crippen LogP contribution in [0.5, 0.6) is 0 Å². The molecule has 0 fully saturated rings. The molecule has 32 heavy (non-hydrogen) atoms. The predicted octanol–water partition coefficient (Wildman–Crippen LogP) is 3.08. The van der Waals surface area contributed by atoms with Crippen LogP contribution in [-0.4, -0.2) is 50.4 Å². The Morgan fingerprint density at radius 3 is 2.72 bits per heavy atom. The smallest absolute Gasteiger partial charge is 0.253 e. The number of ether oxygens (including phenoxy) is 1. The van der Waals surface area contributed by atoms with Gasteiger partial charge in [-0.25, -0.2) is 4.68 Å². The summed E-state index contributed by atoms with van der Waals surface area (Å²) in [5.74, 6) is 0.622. The third kappa shape index (κ3) is 4.61. The number of rotatable bonds is 9. The first-order chi connectivity index (χ1) is 15.6. The van der Waals surface area contributed by atoms with Gasteiger partial charge in [-0.2, -0.15) is 0 Å². The number of nitrogens with zero attached hydrogens (tertiary/aromatic N) is 5. The normalized spacial score (nSPS) is 12.5. The molecule has 4 rings (SSSR count). The summed E-state index contributed by atoms with van der Waals surface area (Å²) in [5, 5.41) is 13.4. The molecular weight excluding hydrogens is 404 g/mol. The van der Waals surface area contributed by atoms with Gasteiger partial charge in [0.15, 0.2) is 5.82 Å². The number of aromatic amines is 1. The molecule has 0 unspecified atom stereocenters. The molecule has 2 aromatic heterocycles. The lowest BCUT2D eigenvalue weighted by molar-refractivity contribution is 0.174. The molecule has 0 amide bonds. The number of benzene rings is 2. The molecule has 166 valence electrons. The highest BCUT2D eigenvalue weighted by molar-refractivity contribution is 5.79. The molecule has 2 aromatic carbocycles. The number of tetrazole rings is 1. The Kier molecular flexibility index (Phi) is 6.72. The van der Waals surface area contributed by atoms with Crippen LogP contribution in [0.25, 0.3) is 10.9 Å². The molecule has 0 aliphatic rings. The van der Waals surface area contributed by atoms with Crippen LogP contribution in [0.4, 0.5) is 0 Å². The van der Waals surface area contributed by atoms with Crippen molar-refractivity contribution in [1.29, 1.82) is 0 Å². The van der Waals surface area contributed by atoms with Crippen LogP contribution >= 0.6 is 0 Å². The summed E-state index contributed by atoms with van der Waals surface area (Å²) in [4.78, 5) is 18.6. The van der Waals surface area contributed by atoms with E-state index in [2.05, 4.69) is 44.5 Å². The van der Waals surface area contributed by atoms with E-state index in [0.717, 1.165) is 22.0 Å². The third-order valence-corrected chi connectivity index (χ3v) is 5.64. The van der Waals surface area contributed by atoms with Crippen molar-refractivity contribution in [2.45, 2.75) is 33.0 Å². The average Bonchev–Trinajstić information content (AvgIpc) is 3.26. The quantitative estimate of drug-likeness (QED) is 0.437. The fourth-order valence-electron chi connectivity index (χ4n) is 3.98. The number of aryl methyl sites for hydroxylation is 1. The molecule has 4 aromatic rings. The maximum absolute atomic E-state index is 13.3. The number of hydrogen-bond donors (Lipinski definition) is 1. The molecule has 0 aliphatic carbocycles. The van der Waals surface area contributed by atoms with Gasteiger partial charge in [-0.3, -0.25) is 9.69 Å². The average molecular weight is 433 g/mol. The fraction of sp³-hybridized carbons (Fsp3) is 0.333. The Morgan fingerprint density at radius 1 is 1.16 bits per heavy atom. The Balaban J connectivity index is 1.85. The van der Waals surface area contributed by atoms with E-state index in [1.807, 2.05) is 49.4 Å². The van der Waals surface area contributed by atoms with E-state index >= 15 is 0 Å². The van der Waals surface area contributed by atoms with Crippen LogP contribution in [-0.2, 0) is 17.8 Å². The van der Waals surface area contributed by atoms with Gasteiger partial charge in [0.05, 0.1) is 13.2 Å². The summed E-state index contributed by atoms with van der Waals surface area (Å²) in [5.41, 5.74) is 3.56. The Morgan fingerprint density at radius 2 is 1.97 bits per heavy atom. The van der Waals surface area contributed by atoms with Gasteiger partial charge in [0, 0.05) is 24.7 Å². The van der Waals surface area contributed by atoms with Crippen LogP contribution in [0, 0.1) is 6.92 Å². The van der Waals surface area contributed by atoms with Crippen LogP contribution < -0.4 is 5.56 Å². The van der Waals surface area contributed by atoms with Crippen molar-refractivity contribution in [2.24, 2.45) is 0 Å². The summed E-state index contributed by atoms with van der Waals surface area (Å²) >= 11 is 0. The molecule has 8 nitrogen and oxygen atoms in total. The third-order valence-electron chi connectivity index (χ3n) is 5.64. The SMILES string of the molecule is CCN(Cc1ccccc1)[C@@H](c1cc2ccc(C)cc2[nH]c1=O)c1nnnn1CCOC. The molecule has 1 atom stereocenters. The summed E-state index contributed by atoms with van der Waals surface area (Å²) in [6, 6.07) is 17.8. The topological polar surface area (TPSA) is 88.9 Å². The molecule has 0 aliphatic heterocycles. The van der Waals surface area contributed by atoms with Crippen molar-refractivity contribution in [3.63, 3.8) is 0 Å². The first kappa shape index (κ1) is 21.9. The molecule has 0 bridgehead atoms. The number of aromatic nitrogens is 5. The van der Waals surface area contributed by atoms with Gasteiger partial charge in [-0.1, -0.05) is 49.4 Å². The summed E-state index contributed by atoms with van der Waals surface area (Å²) in [7, 11) is 1.64. The summed E-state index contributed by atoms with van der Waals surface area (Å²) in [6.07, 6.45) is 0. The van der Waals surface area contributed by atoms with Gasteiger partial charge < -0.3 is 9.72 Å². The number of hydrogen-bond acceptors (Lipinski definition) is 6. The van der Waals surface area contributed by atoms with Gasteiger partial charge in [0.25, 0.3) is 5.56 Å². The van der Waals surface area contributed by atoms with Gasteiger partial charge in [-0.15, -0.1) is 5.10 Å². The minimum atomic E-state index is -0.415. The van der Waals surface area contributed by atoms with Crippen molar-refractivity contribution < 1.29 is 4.74 Å². The summed E-state index contributed by atoms with van der Waals surface area (Å²) in [6.45, 7) is 6.44. The van der Waals surface area contributed by atoms with Gasteiger partial charge in [0.2, 0.25) is 0 Å². The number of fused-ring (bicyclic) bond motifs is 1. The molecule has 0 saturated carbocycles. The number of H-pyrrole nitrogens is 1. The van der Waals surface area contributed by atoms with Gasteiger partial charge in [-0.05, 0) is 52.5 Å². The lowest BCUT2D eigenvalue weighted by Gasteiger charge is -2.30. The highest BCUT2D eigenvalue weighted by Gasteiger charge is 2.29. The minimum absolute atomic E-state index is 0.138. The Hall–Kier alpha value is -3.36. The van der Waals surface area contributed by atoms with Crippen molar-refractivity contribution in [2.75, 3.05) is 20.3 Å². The highest BCUT2D eigenvalue weighted by Crippen LogP contribution is 2.28. The zero-order valence-corrected chi connectivity index (χ0v) is 18.7. The Labute approximate surface area is 186 Å². The van der Waals surface area contributed by atoms with E-state index in [-0.39, 0.29) is 5.56 Å². The molecule has 0 saturated heterocycles. The standard InChI is InChI=1S/C24H28N6O2/c1-4-29(16-18-8-6-5-7-9-18)22(23-26-27-28-30(23)12-13-32-3)20-15-19-11-10-17(2)14-21(19)25-24(20)31/h5-11,14-15,22H,4,12-13,16H2,1-3H3,(H,25,31)/t22-/m0/s1. The predicted molar refractivity (Wildman–Crippen MR) is 123 cm³/mol. The first-order valence-corrected chi connectivity index (χ1v) is 10.8. The maximum atomic E-state index is 13.3. The van der Waals surface area contributed by atoms with Crippen molar-refractivity contribution in [3.05, 3.63) is 87.5 Å². The van der Waals surface area contributed by atoms with E-state index in [1.54, 1.807) is 11.8 Å².